The third kappa shape index (κ3) is 22.2. The molecule has 8 aromatic carbocycles. The van der Waals surface area contributed by atoms with E-state index in [1.807, 2.05) is 50.2 Å². The lowest BCUT2D eigenvalue weighted by atomic mass is 9.93. The van der Waals surface area contributed by atoms with Crippen molar-refractivity contribution in [3.8, 4) is 47.0 Å². The average molecular weight is 1870 g/mol. The van der Waals surface area contributed by atoms with Gasteiger partial charge in [-0.25, -0.2) is 48.0 Å². The second kappa shape index (κ2) is 43.3. The number of fused-ring (bicyclic) bond motifs is 3. The molecule has 5 atom stereocenters. The maximum atomic E-state index is 15.2. The number of likely N-dealkylation sites (N-methyl/N-ethyl adjacent to an activating group) is 2. The van der Waals surface area contributed by atoms with Crippen LogP contribution in [0.3, 0.4) is 0 Å². The smallest absolute Gasteiger partial charge is 0.410 e. The van der Waals surface area contributed by atoms with E-state index in [1.54, 1.807) is 89.9 Å². The topological polar surface area (TPSA) is 301 Å². The summed E-state index contributed by atoms with van der Waals surface area (Å²) in [4.78, 5) is 58.9. The van der Waals surface area contributed by atoms with Gasteiger partial charge in [0.05, 0.1) is 85.0 Å². The molecule has 2 fully saturated rings. The van der Waals surface area contributed by atoms with Crippen LogP contribution < -0.4 is 35.5 Å². The third-order valence-electron chi connectivity index (χ3n) is 20.9. The molecule has 5 aliphatic heterocycles. The Morgan fingerprint density at radius 1 is 0.512 bits per heavy atom. The summed E-state index contributed by atoms with van der Waals surface area (Å²) in [5.74, 6) is -6.63. The SMILES string of the molecule is CCCC1CN(C(=Nc2cccc(OC(F)F)c2F)NC#N)N=C1c1ccc(Cl)c(Cl)c1.CCN(C(=O)[C@H]1CCCN1)C1CN(C(=Nc2cccc(OC(F)F)c2F)NC#N)N=C1c1ccc(Cl)c(Cl)c1.CCN(C(=O)[C@H]1CCCN1C(=O)OCC1c2ccccc2-c2ccccc21)C1CN(C(=Nc2cccc(OC(F)F)c2F)NC#N)N=C1c1ccc(Cl)c(Cl)c1. The normalized spacial score (nSPS) is 17.8. The number of aliphatic imine (C=N–C) groups is 3. The van der Waals surface area contributed by atoms with E-state index in [0.717, 1.165) is 71.8 Å². The predicted octanol–water partition coefficient (Wildman–Crippen LogP) is 18.6. The lowest BCUT2D eigenvalue weighted by molar-refractivity contribution is -0.136. The Morgan fingerprint density at radius 3 is 1.30 bits per heavy atom. The van der Waals surface area contributed by atoms with E-state index in [-0.39, 0.29) is 100 Å². The number of amides is 3. The van der Waals surface area contributed by atoms with Crippen LogP contribution in [0.4, 0.5) is 61.4 Å². The van der Waals surface area contributed by atoms with E-state index in [9.17, 15) is 65.3 Å². The van der Waals surface area contributed by atoms with E-state index >= 15 is 4.39 Å². The molecule has 127 heavy (non-hydrogen) atoms. The molecule has 4 N–H and O–H groups in total. The Morgan fingerprint density at radius 2 is 0.913 bits per heavy atom. The monoisotopic (exact) mass is 1870 g/mol. The Balaban J connectivity index is 0.000000181. The van der Waals surface area contributed by atoms with E-state index in [2.05, 4.69) is 72.8 Å². The highest BCUT2D eigenvalue weighted by Crippen LogP contribution is 2.45. The van der Waals surface area contributed by atoms with Crippen molar-refractivity contribution in [3.63, 3.8) is 0 Å². The first-order valence-electron chi connectivity index (χ1n) is 39.5. The number of carbonyl (C=O) groups is 3. The zero-order chi connectivity index (χ0) is 90.9. The second-order valence-corrected chi connectivity index (χ2v) is 31.0. The molecule has 6 aliphatic rings. The minimum atomic E-state index is -3.28. The van der Waals surface area contributed by atoms with Crippen LogP contribution in [0.15, 0.2) is 188 Å². The maximum absolute atomic E-state index is 15.2. The molecule has 8 aromatic rings. The fourth-order valence-electron chi connectivity index (χ4n) is 15.3. The van der Waals surface area contributed by atoms with Crippen LogP contribution in [0, 0.1) is 57.7 Å². The molecule has 0 bridgehead atoms. The van der Waals surface area contributed by atoms with Crippen molar-refractivity contribution in [3.05, 3.63) is 233 Å². The number of nitrogens with one attached hydrogen (secondary N) is 4. The number of halogens is 15. The molecular weight excluding hydrogens is 1790 g/mol. The standard InChI is InChI=1S/C40H34Cl2F3N7O4.C25H24Cl2F3N7O2.C21H18Cl2F3N5O/c1-2-50(37(53)32-14-8-18-51(32)40(54)55-21-28-26-11-5-3-9-24(26)25-10-4-6-12-27(25)28)33-20-52(49-36(33)23-16-17-29(41)30(42)19-23)39(47-22-46)48-31-13-7-15-34(35(31)43)56-38(44)45;1-2-36(23(38)18-6-4-10-32-18)19-12-37(35-22(19)14-8-9-15(26)16(27)11-14)25(33-13-31)34-17-5-3-7-20(21(17)28)39-24(29)30;1-2-4-13-10-31(30-19(13)12-7-8-14(22)15(23)9-12)21(28-11-27)29-16-5-3-6-17(18(16)24)32-20(25)26/h3-7,9-13,15-17,19,28,32-33,38H,2,8,14,18,20-21H2,1H3,(H,47,48);3,5,7-9,11,18-19,24,32H,2,4,6,10,12H2,1H3,(H,33,34);3,5-9,13,20H,2,4,10H2,1H3,(H,28,29)/t32-,33?;18-,19?;/m11./s1. The lowest BCUT2D eigenvalue weighted by Gasteiger charge is -2.34. The van der Waals surface area contributed by atoms with Crippen molar-refractivity contribution in [2.45, 2.75) is 109 Å². The molecule has 14 rings (SSSR count). The molecule has 0 spiro atoms. The van der Waals surface area contributed by atoms with Gasteiger partial charge in [-0.05, 0) is 153 Å². The van der Waals surface area contributed by atoms with Gasteiger partial charge in [-0.3, -0.25) is 30.4 Å². The number of carbonyl (C=O) groups excluding carboxylic acids is 3. The molecule has 26 nitrogen and oxygen atoms in total. The summed E-state index contributed by atoms with van der Waals surface area (Å²) in [6, 6.07) is 39.1. The zero-order valence-corrected chi connectivity index (χ0v) is 71.9. The highest BCUT2D eigenvalue weighted by atomic mass is 35.5. The Labute approximate surface area is 752 Å². The van der Waals surface area contributed by atoms with E-state index < -0.39 is 84.4 Å². The van der Waals surface area contributed by atoms with E-state index in [1.165, 1.54) is 56.3 Å². The summed E-state index contributed by atoms with van der Waals surface area (Å²) in [6.07, 6.45) is 8.84. The van der Waals surface area contributed by atoms with Crippen LogP contribution >= 0.6 is 69.6 Å². The number of nitriles is 3. The maximum Gasteiger partial charge on any atom is 0.410 e. The number of hydrogen-bond donors (Lipinski definition) is 4. The van der Waals surface area contributed by atoms with Crippen LogP contribution in [0.25, 0.3) is 11.1 Å². The van der Waals surface area contributed by atoms with Crippen LogP contribution in [-0.4, -0.2) is 179 Å². The van der Waals surface area contributed by atoms with Crippen molar-refractivity contribution in [1.29, 1.82) is 15.8 Å². The summed E-state index contributed by atoms with van der Waals surface area (Å²) in [5, 5.41) is 58.3. The average Bonchev–Trinajstić information content (AvgIpc) is 1.62. The minimum Gasteiger partial charge on any atom is -0.448 e. The molecule has 2 saturated heterocycles. The summed E-state index contributed by atoms with van der Waals surface area (Å²) in [6.45, 7) is -2.00. The third-order valence-corrected chi connectivity index (χ3v) is 23.1. The molecule has 41 heteroatoms. The number of ether oxygens (including phenoxy) is 4. The highest BCUT2D eigenvalue weighted by molar-refractivity contribution is 6.43. The highest BCUT2D eigenvalue weighted by Gasteiger charge is 2.45. The quantitative estimate of drug-likeness (QED) is 0.0161. The van der Waals surface area contributed by atoms with Gasteiger partial charge in [-0.1, -0.05) is 168 Å². The van der Waals surface area contributed by atoms with Crippen LogP contribution in [-0.2, 0) is 14.3 Å². The summed E-state index contributed by atoms with van der Waals surface area (Å²) in [5.41, 5.74) is 6.61. The van der Waals surface area contributed by atoms with Crippen LogP contribution in [0.1, 0.15) is 93.0 Å². The van der Waals surface area contributed by atoms with Gasteiger partial charge in [0.1, 0.15) is 29.7 Å². The van der Waals surface area contributed by atoms with Crippen molar-refractivity contribution < 1.29 is 72.8 Å². The molecule has 0 aromatic heterocycles. The Kier molecular flexibility index (Phi) is 32.0. The van der Waals surface area contributed by atoms with Crippen LogP contribution in [0.5, 0.6) is 17.2 Å². The molecule has 3 amide bonds. The number of nitrogens with zero attached hydrogens (tertiary/aromatic N) is 15. The van der Waals surface area contributed by atoms with Crippen molar-refractivity contribution in [2.24, 2.45) is 36.2 Å². The number of hydrazone groups is 3. The second-order valence-electron chi connectivity index (χ2n) is 28.6. The zero-order valence-electron chi connectivity index (χ0n) is 67.3. The van der Waals surface area contributed by atoms with Gasteiger partial charge in [0.15, 0.2) is 53.3 Å². The van der Waals surface area contributed by atoms with Crippen LogP contribution in [0.2, 0.25) is 30.1 Å². The Bertz CT molecular complexity index is 5690. The summed E-state index contributed by atoms with van der Waals surface area (Å²) < 4.78 is 140. The molecule has 0 saturated carbocycles. The molecular formula is C86H76Cl6F9N19O7. The van der Waals surface area contributed by atoms with Crippen molar-refractivity contribution >= 4 is 140 Å². The molecule has 5 heterocycles. The first-order valence-corrected chi connectivity index (χ1v) is 41.7. The minimum absolute atomic E-state index is 0.0127. The number of alkyl halides is 6. The number of likely N-dealkylation sites (tertiary alicyclic amines) is 1. The number of benzene rings is 8. The molecule has 1 aliphatic carbocycles. The molecule has 662 valence electrons. The fourth-order valence-corrected chi connectivity index (χ4v) is 16.2. The lowest BCUT2D eigenvalue weighted by Crippen LogP contribution is -2.54. The first-order chi connectivity index (χ1) is 61.1. The van der Waals surface area contributed by atoms with Crippen molar-refractivity contribution in [1.82, 2.24) is 51.0 Å². The number of guanidine groups is 3. The van der Waals surface area contributed by atoms with Gasteiger partial charge in [-0.15, -0.1) is 0 Å². The molecule has 3 unspecified atom stereocenters. The van der Waals surface area contributed by atoms with Gasteiger partial charge in [-0.2, -0.15) is 57.4 Å². The number of rotatable bonds is 22. The van der Waals surface area contributed by atoms with Gasteiger partial charge >= 0.3 is 25.9 Å². The van der Waals surface area contributed by atoms with Gasteiger partial charge < -0.3 is 34.1 Å². The Hall–Kier alpha value is -12.3. The van der Waals surface area contributed by atoms with E-state index in [0.29, 0.717) is 82.2 Å². The van der Waals surface area contributed by atoms with Gasteiger partial charge in [0.2, 0.25) is 29.7 Å². The largest absolute Gasteiger partial charge is 0.448 e. The predicted molar refractivity (Wildman–Crippen MR) is 462 cm³/mol. The first kappa shape index (κ1) is 93.9. The van der Waals surface area contributed by atoms with E-state index in [4.69, 9.17) is 79.4 Å². The van der Waals surface area contributed by atoms with Gasteiger partial charge in [0.25, 0.3) is 0 Å². The number of hydrogen-bond acceptors (Lipinski definition) is 17. The summed E-state index contributed by atoms with van der Waals surface area (Å²) >= 11 is 37.2. The summed E-state index contributed by atoms with van der Waals surface area (Å²) in [7, 11) is 0. The van der Waals surface area contributed by atoms with Gasteiger partial charge in [0, 0.05) is 42.6 Å². The fraction of sp³-hybridized carbons (Fsp3) is 0.302. The van der Waals surface area contributed by atoms with Crippen molar-refractivity contribution in [2.75, 3.05) is 52.4 Å². The molecule has 0 radical (unpaired) electrons.